The van der Waals surface area contributed by atoms with Crippen LogP contribution in [0.4, 0.5) is 0 Å². The van der Waals surface area contributed by atoms with Gasteiger partial charge in [-0.3, -0.25) is 4.79 Å². The number of carboxylic acids is 1. The van der Waals surface area contributed by atoms with E-state index in [-0.39, 0.29) is 0 Å². The highest BCUT2D eigenvalue weighted by atomic mass is 16.4. The second kappa shape index (κ2) is 4.72. The molecule has 0 aromatic heterocycles. The van der Waals surface area contributed by atoms with Gasteiger partial charge >= 0.3 is 5.97 Å². The third-order valence-electron chi connectivity index (χ3n) is 2.97. The van der Waals surface area contributed by atoms with Gasteiger partial charge in [0.15, 0.2) is 0 Å². The fourth-order valence-corrected chi connectivity index (χ4v) is 1.74. The Hall–Kier alpha value is -2.36. The maximum absolute atomic E-state index is 12.0. The average Bonchev–Trinajstić information content (AvgIpc) is 2.37. The topological polar surface area (TPSA) is 66.4 Å². The Labute approximate surface area is 111 Å². The lowest BCUT2D eigenvalue weighted by Crippen LogP contribution is -2.49. The van der Waals surface area contributed by atoms with Crippen molar-refractivity contribution >= 4 is 22.6 Å². The molecule has 0 fully saturated rings. The highest BCUT2D eigenvalue weighted by Crippen LogP contribution is 2.16. The molecule has 2 aromatic carbocycles. The predicted octanol–water partition coefficient (Wildman–Crippen LogP) is 2.43. The Balaban J connectivity index is 2.29. The van der Waals surface area contributed by atoms with Gasteiger partial charge in [-0.1, -0.05) is 30.3 Å². The number of hydrogen-bond acceptors (Lipinski definition) is 2. The molecule has 4 nitrogen and oxygen atoms in total. The number of hydrogen-bond donors (Lipinski definition) is 2. The van der Waals surface area contributed by atoms with Crippen molar-refractivity contribution in [1.29, 1.82) is 0 Å². The van der Waals surface area contributed by atoms with E-state index >= 15 is 0 Å². The van der Waals surface area contributed by atoms with Crippen LogP contribution in [-0.4, -0.2) is 22.5 Å². The van der Waals surface area contributed by atoms with Crippen LogP contribution >= 0.6 is 0 Å². The lowest BCUT2D eigenvalue weighted by Gasteiger charge is -2.21. The molecule has 4 heteroatoms. The molecule has 0 aliphatic carbocycles. The van der Waals surface area contributed by atoms with Crippen molar-refractivity contribution in [2.45, 2.75) is 19.4 Å². The summed E-state index contributed by atoms with van der Waals surface area (Å²) in [6.07, 6.45) is 0. The quantitative estimate of drug-likeness (QED) is 0.887. The summed E-state index contributed by atoms with van der Waals surface area (Å²) in [6.45, 7) is 2.91. The molecule has 0 saturated heterocycles. The second-order valence-corrected chi connectivity index (χ2v) is 4.95. The summed E-state index contributed by atoms with van der Waals surface area (Å²) in [7, 11) is 0. The third kappa shape index (κ3) is 2.73. The summed E-state index contributed by atoms with van der Waals surface area (Å²) >= 11 is 0. The van der Waals surface area contributed by atoms with E-state index in [1.54, 1.807) is 12.1 Å². The van der Waals surface area contributed by atoms with E-state index in [0.29, 0.717) is 5.56 Å². The summed E-state index contributed by atoms with van der Waals surface area (Å²) in [4.78, 5) is 23.0. The van der Waals surface area contributed by atoms with E-state index in [4.69, 9.17) is 5.11 Å². The monoisotopic (exact) mass is 257 g/mol. The Morgan fingerprint density at radius 3 is 2.32 bits per heavy atom. The van der Waals surface area contributed by atoms with Crippen LogP contribution in [0.25, 0.3) is 10.8 Å². The lowest BCUT2D eigenvalue weighted by molar-refractivity contribution is -0.143. The van der Waals surface area contributed by atoms with Gasteiger partial charge < -0.3 is 10.4 Å². The van der Waals surface area contributed by atoms with Crippen LogP contribution in [0.5, 0.6) is 0 Å². The van der Waals surface area contributed by atoms with E-state index < -0.39 is 17.4 Å². The van der Waals surface area contributed by atoms with Crippen LogP contribution in [0.1, 0.15) is 24.2 Å². The fourth-order valence-electron chi connectivity index (χ4n) is 1.74. The fraction of sp³-hybridized carbons (Fsp3) is 0.200. The SMILES string of the molecule is CC(C)(NC(=O)c1ccc2ccccc2c1)C(=O)O. The zero-order valence-electron chi connectivity index (χ0n) is 10.8. The largest absolute Gasteiger partial charge is 0.480 e. The summed E-state index contributed by atoms with van der Waals surface area (Å²) < 4.78 is 0. The maximum Gasteiger partial charge on any atom is 0.328 e. The molecule has 2 N–H and O–H groups in total. The van der Waals surface area contributed by atoms with Crippen LogP contribution < -0.4 is 5.32 Å². The molecule has 0 unspecified atom stereocenters. The Morgan fingerprint density at radius 2 is 1.68 bits per heavy atom. The summed E-state index contributed by atoms with van der Waals surface area (Å²) in [5.74, 6) is -1.46. The molecule has 98 valence electrons. The maximum atomic E-state index is 12.0. The van der Waals surface area contributed by atoms with E-state index in [1.807, 2.05) is 30.3 Å². The van der Waals surface area contributed by atoms with Gasteiger partial charge in [0.1, 0.15) is 5.54 Å². The lowest BCUT2D eigenvalue weighted by atomic mass is 10.0. The molecule has 0 atom stereocenters. The van der Waals surface area contributed by atoms with Crippen LogP contribution in [0.3, 0.4) is 0 Å². The zero-order chi connectivity index (χ0) is 14.0. The smallest absolute Gasteiger partial charge is 0.328 e. The van der Waals surface area contributed by atoms with Crippen LogP contribution in [-0.2, 0) is 4.79 Å². The summed E-state index contributed by atoms with van der Waals surface area (Å²) in [5, 5.41) is 13.5. The van der Waals surface area contributed by atoms with Crippen molar-refractivity contribution in [3.05, 3.63) is 48.0 Å². The minimum Gasteiger partial charge on any atom is -0.480 e. The van der Waals surface area contributed by atoms with E-state index in [0.717, 1.165) is 10.8 Å². The first-order valence-corrected chi connectivity index (χ1v) is 5.95. The average molecular weight is 257 g/mol. The van der Waals surface area contributed by atoms with Crippen molar-refractivity contribution in [1.82, 2.24) is 5.32 Å². The minimum atomic E-state index is -1.29. The molecule has 2 rings (SSSR count). The molecule has 2 aromatic rings. The number of carbonyl (C=O) groups excluding carboxylic acids is 1. The minimum absolute atomic E-state index is 0.391. The van der Waals surface area contributed by atoms with Gasteiger partial charge in [0.05, 0.1) is 0 Å². The first-order valence-electron chi connectivity index (χ1n) is 5.95. The molecule has 0 saturated carbocycles. The number of nitrogens with one attached hydrogen (secondary N) is 1. The van der Waals surface area contributed by atoms with Crippen molar-refractivity contribution < 1.29 is 14.7 Å². The predicted molar refractivity (Wildman–Crippen MR) is 73.1 cm³/mol. The highest BCUT2D eigenvalue weighted by Gasteiger charge is 2.29. The van der Waals surface area contributed by atoms with Gasteiger partial charge in [-0.25, -0.2) is 4.79 Å². The molecule has 19 heavy (non-hydrogen) atoms. The summed E-state index contributed by atoms with van der Waals surface area (Å²) in [6, 6.07) is 13.0. The van der Waals surface area contributed by atoms with E-state index in [9.17, 15) is 9.59 Å². The number of carboxylic acid groups (broad SMARTS) is 1. The Bertz CT molecular complexity index is 647. The Morgan fingerprint density at radius 1 is 1.05 bits per heavy atom. The van der Waals surface area contributed by atoms with Crippen LogP contribution in [0, 0.1) is 0 Å². The summed E-state index contributed by atoms with van der Waals surface area (Å²) in [5.41, 5.74) is -0.837. The molecule has 0 radical (unpaired) electrons. The van der Waals surface area contributed by atoms with Crippen molar-refractivity contribution in [2.75, 3.05) is 0 Å². The second-order valence-electron chi connectivity index (χ2n) is 4.95. The molecule has 0 spiro atoms. The van der Waals surface area contributed by atoms with Crippen LogP contribution in [0.2, 0.25) is 0 Å². The molecular formula is C15H15NO3. The van der Waals surface area contributed by atoms with Gasteiger partial charge in [-0.15, -0.1) is 0 Å². The third-order valence-corrected chi connectivity index (χ3v) is 2.97. The molecule has 0 aliphatic rings. The number of fused-ring (bicyclic) bond motifs is 1. The molecule has 0 aliphatic heterocycles. The first kappa shape index (κ1) is 13.1. The van der Waals surface area contributed by atoms with Gasteiger partial charge in [-0.05, 0) is 36.8 Å². The van der Waals surface area contributed by atoms with Crippen molar-refractivity contribution in [2.24, 2.45) is 0 Å². The standard InChI is InChI=1S/C15H15NO3/c1-15(2,14(18)19)16-13(17)12-8-7-10-5-3-4-6-11(10)9-12/h3-9H,1-2H3,(H,16,17)(H,18,19). The van der Waals surface area contributed by atoms with Crippen molar-refractivity contribution in [3.8, 4) is 0 Å². The molecular weight excluding hydrogens is 242 g/mol. The van der Waals surface area contributed by atoms with Gasteiger partial charge in [0.2, 0.25) is 0 Å². The van der Waals surface area contributed by atoms with Crippen LogP contribution in [0.15, 0.2) is 42.5 Å². The normalized spacial score (nSPS) is 11.3. The molecule has 0 bridgehead atoms. The molecule has 1 amide bonds. The van der Waals surface area contributed by atoms with E-state index in [1.165, 1.54) is 13.8 Å². The number of carbonyl (C=O) groups is 2. The Kier molecular flexibility index (Phi) is 3.25. The van der Waals surface area contributed by atoms with Gasteiger partial charge in [0, 0.05) is 5.56 Å². The zero-order valence-corrected chi connectivity index (χ0v) is 10.8. The number of aliphatic carboxylic acids is 1. The van der Waals surface area contributed by atoms with Gasteiger partial charge in [0.25, 0.3) is 5.91 Å². The van der Waals surface area contributed by atoms with Crippen molar-refractivity contribution in [3.63, 3.8) is 0 Å². The first-order chi connectivity index (χ1) is 8.90. The number of rotatable bonds is 3. The van der Waals surface area contributed by atoms with E-state index in [2.05, 4.69) is 5.32 Å². The van der Waals surface area contributed by atoms with Gasteiger partial charge in [-0.2, -0.15) is 0 Å². The molecule has 0 heterocycles. The number of amides is 1. The highest BCUT2D eigenvalue weighted by molar-refractivity contribution is 6.00. The number of benzene rings is 2.